The SMILES string of the molecule is COc1ccc(CN2CCC(CCN)CC2)cn1. The van der Waals surface area contributed by atoms with Gasteiger partial charge in [-0.3, -0.25) is 4.90 Å². The van der Waals surface area contributed by atoms with E-state index < -0.39 is 0 Å². The van der Waals surface area contributed by atoms with Gasteiger partial charge < -0.3 is 10.5 Å². The van der Waals surface area contributed by atoms with Crippen molar-refractivity contribution in [2.24, 2.45) is 11.7 Å². The van der Waals surface area contributed by atoms with Gasteiger partial charge in [0, 0.05) is 18.8 Å². The van der Waals surface area contributed by atoms with Crippen LogP contribution >= 0.6 is 0 Å². The number of likely N-dealkylation sites (tertiary alicyclic amines) is 1. The van der Waals surface area contributed by atoms with Gasteiger partial charge in [0.05, 0.1) is 7.11 Å². The van der Waals surface area contributed by atoms with Crippen molar-refractivity contribution in [3.05, 3.63) is 23.9 Å². The highest BCUT2D eigenvalue weighted by Crippen LogP contribution is 2.21. The van der Waals surface area contributed by atoms with Crippen LogP contribution in [0.5, 0.6) is 5.88 Å². The van der Waals surface area contributed by atoms with Crippen LogP contribution in [0.1, 0.15) is 24.8 Å². The summed E-state index contributed by atoms with van der Waals surface area (Å²) in [6, 6.07) is 4.02. The first-order valence-electron chi connectivity index (χ1n) is 6.73. The van der Waals surface area contributed by atoms with E-state index in [0.29, 0.717) is 5.88 Å². The second-order valence-corrected chi connectivity index (χ2v) is 5.01. The molecule has 1 fully saturated rings. The first-order valence-corrected chi connectivity index (χ1v) is 6.73. The zero-order chi connectivity index (χ0) is 12.8. The van der Waals surface area contributed by atoms with Gasteiger partial charge in [0.2, 0.25) is 5.88 Å². The number of pyridine rings is 1. The Bertz CT molecular complexity index is 345. The van der Waals surface area contributed by atoms with Crippen LogP contribution in [0.2, 0.25) is 0 Å². The van der Waals surface area contributed by atoms with Gasteiger partial charge in [-0.05, 0) is 50.4 Å². The van der Waals surface area contributed by atoms with Crippen LogP contribution in [0.15, 0.2) is 18.3 Å². The topological polar surface area (TPSA) is 51.4 Å². The van der Waals surface area contributed by atoms with E-state index in [2.05, 4.69) is 16.0 Å². The molecule has 0 atom stereocenters. The Morgan fingerprint density at radius 3 is 2.72 bits per heavy atom. The second kappa shape index (κ2) is 6.71. The number of ether oxygens (including phenoxy) is 1. The summed E-state index contributed by atoms with van der Waals surface area (Å²) in [6.45, 7) is 4.17. The third-order valence-electron chi connectivity index (χ3n) is 3.69. The second-order valence-electron chi connectivity index (χ2n) is 5.01. The molecule has 2 heterocycles. The average molecular weight is 249 g/mol. The van der Waals surface area contributed by atoms with Gasteiger partial charge in [0.25, 0.3) is 0 Å². The Morgan fingerprint density at radius 2 is 2.17 bits per heavy atom. The number of hydrogen-bond acceptors (Lipinski definition) is 4. The lowest BCUT2D eigenvalue weighted by molar-refractivity contribution is 0.173. The number of hydrogen-bond donors (Lipinski definition) is 1. The minimum absolute atomic E-state index is 0.681. The third-order valence-corrected chi connectivity index (χ3v) is 3.69. The van der Waals surface area contributed by atoms with Crippen molar-refractivity contribution in [2.75, 3.05) is 26.7 Å². The summed E-state index contributed by atoms with van der Waals surface area (Å²) in [6.07, 6.45) is 5.64. The van der Waals surface area contributed by atoms with Crippen LogP contribution < -0.4 is 10.5 Å². The molecule has 1 aliphatic heterocycles. The van der Waals surface area contributed by atoms with E-state index >= 15 is 0 Å². The number of methoxy groups -OCH3 is 1. The summed E-state index contributed by atoms with van der Waals surface area (Å²) < 4.78 is 5.06. The molecule has 2 N–H and O–H groups in total. The standard InChI is InChI=1S/C14H23N3O/c1-18-14-3-2-13(10-16-14)11-17-8-5-12(4-7-15)6-9-17/h2-3,10,12H,4-9,11,15H2,1H3. The molecular formula is C14H23N3O. The summed E-state index contributed by atoms with van der Waals surface area (Å²) in [5.74, 6) is 1.51. The summed E-state index contributed by atoms with van der Waals surface area (Å²) in [4.78, 5) is 6.74. The van der Waals surface area contributed by atoms with Crippen molar-refractivity contribution in [2.45, 2.75) is 25.8 Å². The molecular weight excluding hydrogens is 226 g/mol. The highest BCUT2D eigenvalue weighted by Gasteiger charge is 2.18. The fourth-order valence-corrected chi connectivity index (χ4v) is 2.55. The molecule has 1 aromatic rings. The number of piperidine rings is 1. The molecule has 0 aromatic carbocycles. The van der Waals surface area contributed by atoms with Crippen LogP contribution in [0.4, 0.5) is 0 Å². The Kier molecular flexibility index (Phi) is 4.96. The minimum atomic E-state index is 0.681. The summed E-state index contributed by atoms with van der Waals surface area (Å²) in [7, 11) is 1.64. The van der Waals surface area contributed by atoms with Crippen molar-refractivity contribution in [1.29, 1.82) is 0 Å². The minimum Gasteiger partial charge on any atom is -0.481 e. The summed E-state index contributed by atoms with van der Waals surface area (Å²) in [5.41, 5.74) is 6.87. The Labute approximate surface area is 109 Å². The van der Waals surface area contributed by atoms with E-state index in [4.69, 9.17) is 10.5 Å². The quantitative estimate of drug-likeness (QED) is 0.862. The van der Waals surface area contributed by atoms with E-state index in [0.717, 1.165) is 19.0 Å². The fraction of sp³-hybridized carbons (Fsp3) is 0.643. The first-order chi connectivity index (χ1) is 8.81. The lowest BCUT2D eigenvalue weighted by atomic mass is 9.93. The van der Waals surface area contributed by atoms with Gasteiger partial charge in [0.1, 0.15) is 0 Å². The van der Waals surface area contributed by atoms with E-state index in [1.807, 2.05) is 12.3 Å². The zero-order valence-corrected chi connectivity index (χ0v) is 11.1. The highest BCUT2D eigenvalue weighted by molar-refractivity contribution is 5.17. The lowest BCUT2D eigenvalue weighted by Gasteiger charge is -2.31. The van der Waals surface area contributed by atoms with Crippen LogP contribution in [0.3, 0.4) is 0 Å². The molecule has 1 aliphatic rings. The van der Waals surface area contributed by atoms with Crippen molar-refractivity contribution in [3.8, 4) is 5.88 Å². The lowest BCUT2D eigenvalue weighted by Crippen LogP contribution is -2.33. The third kappa shape index (κ3) is 3.68. The Hall–Kier alpha value is -1.13. The molecule has 1 saturated heterocycles. The molecule has 4 nitrogen and oxygen atoms in total. The van der Waals surface area contributed by atoms with Gasteiger partial charge in [-0.25, -0.2) is 4.98 Å². The molecule has 0 unspecified atom stereocenters. The predicted octanol–water partition coefficient (Wildman–Crippen LogP) is 1.65. The van der Waals surface area contributed by atoms with Crippen molar-refractivity contribution < 1.29 is 4.74 Å². The fourth-order valence-electron chi connectivity index (χ4n) is 2.55. The van der Waals surface area contributed by atoms with Gasteiger partial charge in [-0.2, -0.15) is 0 Å². The monoisotopic (exact) mass is 249 g/mol. The number of nitrogens with two attached hydrogens (primary N) is 1. The zero-order valence-electron chi connectivity index (χ0n) is 11.1. The highest BCUT2D eigenvalue weighted by atomic mass is 16.5. The van der Waals surface area contributed by atoms with E-state index in [1.165, 1.54) is 37.9 Å². The summed E-state index contributed by atoms with van der Waals surface area (Å²) in [5, 5.41) is 0. The molecule has 0 amide bonds. The van der Waals surface area contributed by atoms with Gasteiger partial charge in [-0.15, -0.1) is 0 Å². The van der Waals surface area contributed by atoms with Gasteiger partial charge in [0.15, 0.2) is 0 Å². The number of nitrogens with zero attached hydrogens (tertiary/aromatic N) is 2. The number of rotatable bonds is 5. The van der Waals surface area contributed by atoms with E-state index in [-0.39, 0.29) is 0 Å². The number of aromatic nitrogens is 1. The van der Waals surface area contributed by atoms with E-state index in [9.17, 15) is 0 Å². The molecule has 18 heavy (non-hydrogen) atoms. The molecule has 1 aromatic heterocycles. The molecule has 0 aliphatic carbocycles. The maximum Gasteiger partial charge on any atom is 0.212 e. The normalized spacial score (nSPS) is 17.9. The molecule has 0 saturated carbocycles. The molecule has 100 valence electrons. The maximum absolute atomic E-state index is 5.61. The smallest absolute Gasteiger partial charge is 0.212 e. The van der Waals surface area contributed by atoms with Crippen LogP contribution in [-0.2, 0) is 6.54 Å². The average Bonchev–Trinajstić information content (AvgIpc) is 2.42. The van der Waals surface area contributed by atoms with Gasteiger partial charge >= 0.3 is 0 Å². The summed E-state index contributed by atoms with van der Waals surface area (Å²) >= 11 is 0. The van der Waals surface area contributed by atoms with Crippen molar-refractivity contribution in [1.82, 2.24) is 9.88 Å². The molecule has 4 heteroatoms. The Balaban J connectivity index is 1.80. The molecule has 0 bridgehead atoms. The van der Waals surface area contributed by atoms with Crippen LogP contribution in [0.25, 0.3) is 0 Å². The van der Waals surface area contributed by atoms with Crippen LogP contribution in [-0.4, -0.2) is 36.6 Å². The van der Waals surface area contributed by atoms with Crippen molar-refractivity contribution >= 4 is 0 Å². The van der Waals surface area contributed by atoms with Crippen molar-refractivity contribution in [3.63, 3.8) is 0 Å². The predicted molar refractivity (Wildman–Crippen MR) is 72.5 cm³/mol. The Morgan fingerprint density at radius 1 is 1.39 bits per heavy atom. The molecule has 0 spiro atoms. The van der Waals surface area contributed by atoms with Crippen LogP contribution in [0, 0.1) is 5.92 Å². The molecule has 0 radical (unpaired) electrons. The largest absolute Gasteiger partial charge is 0.481 e. The van der Waals surface area contributed by atoms with Gasteiger partial charge in [-0.1, -0.05) is 6.07 Å². The first kappa shape index (κ1) is 13.3. The maximum atomic E-state index is 5.61. The molecule has 2 rings (SSSR count). The van der Waals surface area contributed by atoms with E-state index in [1.54, 1.807) is 7.11 Å².